The van der Waals surface area contributed by atoms with Gasteiger partial charge >= 0.3 is 0 Å². The lowest BCUT2D eigenvalue weighted by Gasteiger charge is -2.21. The largest absolute Gasteiger partial charge is 0.497 e. The Labute approximate surface area is 158 Å². The first-order valence-electron chi connectivity index (χ1n) is 9.10. The summed E-state index contributed by atoms with van der Waals surface area (Å²) in [4.78, 5) is 18.8. The first-order valence-corrected chi connectivity index (χ1v) is 9.10. The predicted octanol–water partition coefficient (Wildman–Crippen LogP) is 3.32. The zero-order chi connectivity index (χ0) is 18.6. The van der Waals surface area contributed by atoms with Crippen molar-refractivity contribution >= 4 is 11.6 Å². The van der Waals surface area contributed by atoms with Crippen LogP contribution < -0.4 is 9.64 Å². The fourth-order valence-corrected chi connectivity index (χ4v) is 3.37. The number of ketones is 1. The van der Waals surface area contributed by atoms with E-state index in [-0.39, 0.29) is 5.78 Å². The van der Waals surface area contributed by atoms with E-state index in [1.165, 1.54) is 0 Å². The second-order valence-corrected chi connectivity index (χ2v) is 6.72. The highest BCUT2D eigenvalue weighted by Crippen LogP contribution is 2.26. The number of anilines is 1. The summed E-state index contributed by atoms with van der Waals surface area (Å²) in [7, 11) is 1.66. The topological polar surface area (TPSA) is 60.2 Å². The standard InChI is InChI=1S/C21H22N4O2/c1-27-18-6-4-16(5-7-18)14-25-15-19-20(26)3-2-12-24(21(19)23-25)13-17-8-10-22-11-9-17/h4-11,15H,2-3,12-14H2,1H3. The van der Waals surface area contributed by atoms with Gasteiger partial charge in [-0.25, -0.2) is 0 Å². The molecule has 0 aliphatic carbocycles. The van der Waals surface area contributed by atoms with Crippen molar-refractivity contribution in [3.8, 4) is 5.75 Å². The van der Waals surface area contributed by atoms with Crippen molar-refractivity contribution in [3.05, 3.63) is 71.7 Å². The lowest BCUT2D eigenvalue weighted by Crippen LogP contribution is -2.24. The number of carbonyl (C=O) groups excluding carboxylic acids is 1. The van der Waals surface area contributed by atoms with Crippen LogP contribution >= 0.6 is 0 Å². The molecule has 0 N–H and O–H groups in total. The first kappa shape index (κ1) is 17.3. The Morgan fingerprint density at radius 1 is 1.04 bits per heavy atom. The zero-order valence-electron chi connectivity index (χ0n) is 15.3. The lowest BCUT2D eigenvalue weighted by atomic mass is 10.1. The smallest absolute Gasteiger partial charge is 0.168 e. The summed E-state index contributed by atoms with van der Waals surface area (Å²) in [6.45, 7) is 2.16. The molecule has 0 atom stereocenters. The molecule has 3 heterocycles. The maximum atomic E-state index is 12.5. The summed E-state index contributed by atoms with van der Waals surface area (Å²) in [5.41, 5.74) is 2.99. The van der Waals surface area contributed by atoms with E-state index in [2.05, 4.69) is 9.88 Å². The van der Waals surface area contributed by atoms with E-state index in [1.54, 1.807) is 19.5 Å². The number of carbonyl (C=O) groups is 1. The molecular formula is C21H22N4O2. The third-order valence-electron chi connectivity index (χ3n) is 4.80. The molecule has 0 spiro atoms. The molecule has 0 amide bonds. The van der Waals surface area contributed by atoms with Crippen LogP contribution in [0.2, 0.25) is 0 Å². The minimum atomic E-state index is 0.170. The Morgan fingerprint density at radius 3 is 2.52 bits per heavy atom. The SMILES string of the molecule is COc1ccc(Cn2cc3c(n2)N(Cc2ccncc2)CCCC3=O)cc1. The molecule has 0 saturated heterocycles. The average molecular weight is 362 g/mol. The number of methoxy groups -OCH3 is 1. The van der Waals surface area contributed by atoms with Crippen LogP contribution in [0.25, 0.3) is 0 Å². The van der Waals surface area contributed by atoms with Crippen molar-refractivity contribution in [2.24, 2.45) is 0 Å². The van der Waals surface area contributed by atoms with Crippen molar-refractivity contribution in [1.29, 1.82) is 0 Å². The summed E-state index contributed by atoms with van der Waals surface area (Å²) < 4.78 is 7.06. The Hall–Kier alpha value is -3.15. The van der Waals surface area contributed by atoms with Crippen molar-refractivity contribution in [2.45, 2.75) is 25.9 Å². The van der Waals surface area contributed by atoms with Crippen molar-refractivity contribution < 1.29 is 9.53 Å². The molecule has 0 fully saturated rings. The van der Waals surface area contributed by atoms with Crippen LogP contribution in [0.5, 0.6) is 5.75 Å². The molecular weight excluding hydrogens is 340 g/mol. The second-order valence-electron chi connectivity index (χ2n) is 6.72. The fraction of sp³-hybridized carbons (Fsp3) is 0.286. The van der Waals surface area contributed by atoms with Gasteiger partial charge in [0.2, 0.25) is 0 Å². The Morgan fingerprint density at radius 2 is 1.78 bits per heavy atom. The average Bonchev–Trinajstić information content (AvgIpc) is 3.06. The molecule has 6 nitrogen and oxygen atoms in total. The first-order chi connectivity index (χ1) is 13.2. The quantitative estimate of drug-likeness (QED) is 0.697. The van der Waals surface area contributed by atoms with E-state index < -0.39 is 0 Å². The van der Waals surface area contributed by atoms with Gasteiger partial charge in [-0.2, -0.15) is 5.10 Å². The lowest BCUT2D eigenvalue weighted by molar-refractivity contribution is 0.0983. The Kier molecular flexibility index (Phi) is 4.87. The minimum Gasteiger partial charge on any atom is -0.497 e. The van der Waals surface area contributed by atoms with E-state index in [1.807, 2.05) is 47.3 Å². The number of ether oxygens (including phenoxy) is 1. The van der Waals surface area contributed by atoms with Crippen molar-refractivity contribution in [2.75, 3.05) is 18.6 Å². The number of pyridine rings is 1. The molecule has 0 unspecified atom stereocenters. The molecule has 0 bridgehead atoms. The molecule has 1 aliphatic heterocycles. The Balaban J connectivity index is 1.60. The van der Waals surface area contributed by atoms with E-state index >= 15 is 0 Å². The highest BCUT2D eigenvalue weighted by atomic mass is 16.5. The van der Waals surface area contributed by atoms with Gasteiger partial charge in [0.15, 0.2) is 11.6 Å². The molecule has 0 saturated carbocycles. The number of hydrogen-bond acceptors (Lipinski definition) is 5. The van der Waals surface area contributed by atoms with E-state index in [4.69, 9.17) is 9.84 Å². The summed E-state index contributed by atoms with van der Waals surface area (Å²) >= 11 is 0. The van der Waals surface area contributed by atoms with E-state index in [0.29, 0.717) is 13.0 Å². The highest BCUT2D eigenvalue weighted by molar-refractivity contribution is 6.01. The maximum absolute atomic E-state index is 12.5. The number of Topliss-reactive ketones (excluding diaryl/α,β-unsaturated/α-hetero) is 1. The van der Waals surface area contributed by atoms with E-state index in [9.17, 15) is 4.79 Å². The molecule has 138 valence electrons. The number of aromatic nitrogens is 3. The third kappa shape index (κ3) is 3.84. The third-order valence-corrected chi connectivity index (χ3v) is 4.80. The molecule has 3 aromatic rings. The summed E-state index contributed by atoms with van der Waals surface area (Å²) in [5, 5.41) is 4.75. The Bertz CT molecular complexity index is 919. The van der Waals surface area contributed by atoms with Crippen LogP contribution in [-0.2, 0) is 13.1 Å². The van der Waals surface area contributed by atoms with Gasteiger partial charge in [0, 0.05) is 38.1 Å². The molecule has 6 heteroatoms. The van der Waals surface area contributed by atoms with Crippen LogP contribution in [0.1, 0.15) is 34.3 Å². The van der Waals surface area contributed by atoms with Gasteiger partial charge in [0.1, 0.15) is 5.75 Å². The van der Waals surface area contributed by atoms with Crippen LogP contribution in [0.15, 0.2) is 55.0 Å². The van der Waals surface area contributed by atoms with Crippen molar-refractivity contribution in [1.82, 2.24) is 14.8 Å². The number of rotatable bonds is 5. The van der Waals surface area contributed by atoms with Crippen molar-refractivity contribution in [3.63, 3.8) is 0 Å². The van der Waals surface area contributed by atoms with Crippen LogP contribution in [0.3, 0.4) is 0 Å². The molecule has 1 aromatic carbocycles. The monoisotopic (exact) mass is 362 g/mol. The number of fused-ring (bicyclic) bond motifs is 1. The maximum Gasteiger partial charge on any atom is 0.168 e. The van der Waals surface area contributed by atoms with Gasteiger partial charge < -0.3 is 9.64 Å². The molecule has 0 radical (unpaired) electrons. The second kappa shape index (κ2) is 7.61. The van der Waals surface area contributed by atoms with E-state index in [0.717, 1.165) is 47.8 Å². The normalized spacial score (nSPS) is 14.0. The summed E-state index contributed by atoms with van der Waals surface area (Å²) in [5.74, 6) is 1.78. The van der Waals surface area contributed by atoms with Gasteiger partial charge in [-0.3, -0.25) is 14.5 Å². The fourth-order valence-electron chi connectivity index (χ4n) is 3.37. The van der Waals surface area contributed by atoms with Gasteiger partial charge in [-0.15, -0.1) is 0 Å². The van der Waals surface area contributed by atoms with Crippen LogP contribution in [0, 0.1) is 0 Å². The van der Waals surface area contributed by atoms with Gasteiger partial charge in [-0.05, 0) is 41.8 Å². The molecule has 2 aromatic heterocycles. The molecule has 4 rings (SSSR count). The summed E-state index contributed by atoms with van der Waals surface area (Å²) in [6.07, 6.45) is 6.88. The highest BCUT2D eigenvalue weighted by Gasteiger charge is 2.25. The van der Waals surface area contributed by atoms with Crippen LogP contribution in [-0.4, -0.2) is 34.2 Å². The number of hydrogen-bond donors (Lipinski definition) is 0. The number of benzene rings is 1. The molecule has 27 heavy (non-hydrogen) atoms. The van der Waals surface area contributed by atoms with Crippen LogP contribution in [0.4, 0.5) is 5.82 Å². The summed E-state index contributed by atoms with van der Waals surface area (Å²) in [6, 6.07) is 11.9. The predicted molar refractivity (Wildman–Crippen MR) is 103 cm³/mol. The minimum absolute atomic E-state index is 0.170. The molecule has 1 aliphatic rings. The zero-order valence-corrected chi connectivity index (χ0v) is 15.3. The van der Waals surface area contributed by atoms with Gasteiger partial charge in [0.25, 0.3) is 0 Å². The number of nitrogens with zero attached hydrogens (tertiary/aromatic N) is 4. The van der Waals surface area contributed by atoms with Gasteiger partial charge in [0.05, 0.1) is 19.2 Å². The van der Waals surface area contributed by atoms with Gasteiger partial charge in [-0.1, -0.05) is 12.1 Å².